The largest absolute Gasteiger partial charge is 0.465 e. The molecule has 0 atom stereocenters. The fourth-order valence-corrected chi connectivity index (χ4v) is 3.14. The van der Waals surface area contributed by atoms with E-state index in [1.54, 1.807) is 29.9 Å². The SMILES string of the molecule is COC(=O)c1sc(NC(=O)Cn2ncc3ccc(N)cc32)nc1C. The topological polar surface area (TPSA) is 112 Å². The van der Waals surface area contributed by atoms with Gasteiger partial charge in [-0.05, 0) is 25.1 Å². The van der Waals surface area contributed by atoms with Gasteiger partial charge < -0.3 is 15.8 Å². The van der Waals surface area contributed by atoms with Crippen molar-refractivity contribution in [3.63, 3.8) is 0 Å². The summed E-state index contributed by atoms with van der Waals surface area (Å²) < 4.78 is 6.23. The number of nitrogen functional groups attached to an aromatic ring is 1. The van der Waals surface area contributed by atoms with E-state index in [2.05, 4.69) is 20.1 Å². The highest BCUT2D eigenvalue weighted by molar-refractivity contribution is 7.17. The summed E-state index contributed by atoms with van der Waals surface area (Å²) in [7, 11) is 1.30. The van der Waals surface area contributed by atoms with E-state index in [1.807, 2.05) is 6.07 Å². The van der Waals surface area contributed by atoms with Crippen molar-refractivity contribution in [1.29, 1.82) is 0 Å². The number of anilines is 2. The molecule has 0 radical (unpaired) electrons. The fourth-order valence-electron chi connectivity index (χ4n) is 2.24. The molecule has 2 aromatic heterocycles. The van der Waals surface area contributed by atoms with Crippen LogP contribution >= 0.6 is 11.3 Å². The Morgan fingerprint density at radius 1 is 1.42 bits per heavy atom. The number of rotatable bonds is 4. The highest BCUT2D eigenvalue weighted by atomic mass is 32.1. The molecule has 3 N–H and O–H groups in total. The lowest BCUT2D eigenvalue weighted by Crippen LogP contribution is -2.19. The first-order valence-electron chi connectivity index (χ1n) is 7.04. The summed E-state index contributed by atoms with van der Waals surface area (Å²) >= 11 is 1.07. The van der Waals surface area contributed by atoms with Crippen molar-refractivity contribution in [3.8, 4) is 0 Å². The lowest BCUT2D eigenvalue weighted by molar-refractivity contribution is -0.116. The second-order valence-electron chi connectivity index (χ2n) is 5.09. The number of nitrogens with one attached hydrogen (secondary N) is 1. The lowest BCUT2D eigenvalue weighted by Gasteiger charge is -2.04. The second-order valence-corrected chi connectivity index (χ2v) is 6.09. The number of nitrogens with two attached hydrogens (primary N) is 1. The van der Waals surface area contributed by atoms with Crippen LogP contribution in [0.15, 0.2) is 24.4 Å². The van der Waals surface area contributed by atoms with Gasteiger partial charge in [-0.15, -0.1) is 0 Å². The first-order chi connectivity index (χ1) is 11.5. The normalized spacial score (nSPS) is 10.8. The van der Waals surface area contributed by atoms with Gasteiger partial charge in [0, 0.05) is 11.1 Å². The number of nitrogens with zero attached hydrogens (tertiary/aromatic N) is 3. The van der Waals surface area contributed by atoms with Gasteiger partial charge in [0.2, 0.25) is 5.91 Å². The summed E-state index contributed by atoms with van der Waals surface area (Å²) in [6.45, 7) is 1.70. The molecule has 24 heavy (non-hydrogen) atoms. The van der Waals surface area contributed by atoms with Crippen LogP contribution in [-0.2, 0) is 16.1 Å². The molecule has 3 rings (SSSR count). The van der Waals surface area contributed by atoms with Crippen LogP contribution in [0.25, 0.3) is 10.9 Å². The van der Waals surface area contributed by atoms with Crippen LogP contribution in [0.5, 0.6) is 0 Å². The van der Waals surface area contributed by atoms with Crippen LogP contribution in [0, 0.1) is 6.92 Å². The van der Waals surface area contributed by atoms with Gasteiger partial charge in [-0.2, -0.15) is 5.10 Å². The van der Waals surface area contributed by atoms with E-state index in [9.17, 15) is 9.59 Å². The summed E-state index contributed by atoms with van der Waals surface area (Å²) in [5.41, 5.74) is 7.66. The third-order valence-electron chi connectivity index (χ3n) is 3.38. The van der Waals surface area contributed by atoms with E-state index in [4.69, 9.17) is 5.73 Å². The number of fused-ring (bicyclic) bond motifs is 1. The third-order valence-corrected chi connectivity index (χ3v) is 4.43. The number of carbonyl (C=O) groups excluding carboxylic acids is 2. The summed E-state index contributed by atoms with van der Waals surface area (Å²) in [4.78, 5) is 28.3. The molecule has 0 spiro atoms. The number of hydrogen-bond donors (Lipinski definition) is 2. The van der Waals surface area contributed by atoms with E-state index >= 15 is 0 Å². The van der Waals surface area contributed by atoms with Crippen LogP contribution in [0.2, 0.25) is 0 Å². The van der Waals surface area contributed by atoms with Gasteiger partial charge in [0.1, 0.15) is 11.4 Å². The van der Waals surface area contributed by atoms with Gasteiger partial charge in [-0.25, -0.2) is 9.78 Å². The van der Waals surface area contributed by atoms with Gasteiger partial charge in [0.25, 0.3) is 0 Å². The Bertz CT molecular complexity index is 930. The number of thiazole rings is 1. The maximum Gasteiger partial charge on any atom is 0.350 e. The Labute approximate surface area is 141 Å². The monoisotopic (exact) mass is 345 g/mol. The van der Waals surface area contributed by atoms with Crippen LogP contribution in [-0.4, -0.2) is 33.8 Å². The minimum Gasteiger partial charge on any atom is -0.465 e. The molecule has 3 aromatic rings. The van der Waals surface area contributed by atoms with E-state index in [0.29, 0.717) is 21.4 Å². The molecule has 1 aromatic carbocycles. The fraction of sp³-hybridized carbons (Fsp3) is 0.200. The zero-order valence-corrected chi connectivity index (χ0v) is 13.9. The number of aromatic nitrogens is 3. The predicted molar refractivity (Wildman–Crippen MR) is 91.0 cm³/mol. The minimum atomic E-state index is -0.473. The molecule has 0 saturated carbocycles. The number of methoxy groups -OCH3 is 1. The number of ether oxygens (including phenoxy) is 1. The van der Waals surface area contributed by atoms with Crippen molar-refractivity contribution in [2.45, 2.75) is 13.5 Å². The van der Waals surface area contributed by atoms with Gasteiger partial charge in [-0.3, -0.25) is 9.48 Å². The highest BCUT2D eigenvalue weighted by Crippen LogP contribution is 2.23. The van der Waals surface area contributed by atoms with E-state index in [1.165, 1.54) is 7.11 Å². The van der Waals surface area contributed by atoms with Crippen molar-refractivity contribution < 1.29 is 14.3 Å². The van der Waals surface area contributed by atoms with Gasteiger partial charge in [-0.1, -0.05) is 11.3 Å². The quantitative estimate of drug-likeness (QED) is 0.551. The average Bonchev–Trinajstić information content (AvgIpc) is 3.10. The van der Waals surface area contributed by atoms with Crippen LogP contribution in [0.4, 0.5) is 10.8 Å². The molecule has 1 amide bonds. The van der Waals surface area contributed by atoms with Gasteiger partial charge >= 0.3 is 5.97 Å². The highest BCUT2D eigenvalue weighted by Gasteiger charge is 2.17. The Morgan fingerprint density at radius 2 is 2.21 bits per heavy atom. The number of benzene rings is 1. The molecule has 0 fully saturated rings. The van der Waals surface area contributed by atoms with E-state index < -0.39 is 5.97 Å². The molecule has 0 aliphatic rings. The molecule has 9 heteroatoms. The van der Waals surface area contributed by atoms with Crippen molar-refractivity contribution in [2.24, 2.45) is 0 Å². The molecule has 0 aliphatic carbocycles. The first kappa shape index (κ1) is 15.9. The van der Waals surface area contributed by atoms with Crippen LogP contribution < -0.4 is 11.1 Å². The number of esters is 1. The zero-order valence-electron chi connectivity index (χ0n) is 13.1. The van der Waals surface area contributed by atoms with E-state index in [-0.39, 0.29) is 12.5 Å². The summed E-state index contributed by atoms with van der Waals surface area (Å²) in [6.07, 6.45) is 1.67. The third kappa shape index (κ3) is 3.06. The van der Waals surface area contributed by atoms with Crippen molar-refractivity contribution in [2.75, 3.05) is 18.2 Å². The number of carbonyl (C=O) groups is 2. The van der Waals surface area contributed by atoms with E-state index in [0.717, 1.165) is 22.2 Å². The summed E-state index contributed by atoms with van der Waals surface area (Å²) in [5.74, 6) is -0.772. The van der Waals surface area contributed by atoms with Gasteiger partial charge in [0.05, 0.1) is 24.5 Å². The summed E-state index contributed by atoms with van der Waals surface area (Å²) in [5, 5.41) is 8.10. The standard InChI is InChI=1S/C15H15N5O3S/c1-8-13(14(22)23-2)24-15(18-8)19-12(21)7-20-11-5-10(16)4-3-9(11)6-17-20/h3-6H,7,16H2,1-2H3,(H,18,19,21). The molecule has 124 valence electrons. The number of amides is 1. The molecule has 0 aliphatic heterocycles. The molecular formula is C15H15N5O3S. The minimum absolute atomic E-state index is 0.0130. The maximum atomic E-state index is 12.2. The molecule has 0 unspecified atom stereocenters. The maximum absolute atomic E-state index is 12.2. The van der Waals surface area contributed by atoms with Crippen LogP contribution in [0.1, 0.15) is 15.4 Å². The second kappa shape index (κ2) is 6.28. The van der Waals surface area contributed by atoms with Gasteiger partial charge in [0.15, 0.2) is 5.13 Å². The molecular weight excluding hydrogens is 330 g/mol. The molecule has 0 bridgehead atoms. The Hall–Kier alpha value is -2.94. The first-order valence-corrected chi connectivity index (χ1v) is 7.86. The Kier molecular flexibility index (Phi) is 4.17. The van der Waals surface area contributed by atoms with Crippen molar-refractivity contribution >= 4 is 44.9 Å². The zero-order chi connectivity index (χ0) is 17.3. The number of hydrogen-bond acceptors (Lipinski definition) is 7. The van der Waals surface area contributed by atoms with Crippen LogP contribution in [0.3, 0.4) is 0 Å². The number of aryl methyl sites for hydroxylation is 1. The Balaban J connectivity index is 1.76. The Morgan fingerprint density at radius 3 is 2.96 bits per heavy atom. The van der Waals surface area contributed by atoms with Crippen molar-refractivity contribution in [3.05, 3.63) is 35.0 Å². The summed E-state index contributed by atoms with van der Waals surface area (Å²) in [6, 6.07) is 5.39. The lowest BCUT2D eigenvalue weighted by atomic mass is 10.2. The molecule has 8 nitrogen and oxygen atoms in total. The molecule has 0 saturated heterocycles. The molecule has 2 heterocycles. The average molecular weight is 345 g/mol. The predicted octanol–water partition coefficient (Wildman–Crippen LogP) is 1.81. The smallest absolute Gasteiger partial charge is 0.350 e. The van der Waals surface area contributed by atoms with Crippen molar-refractivity contribution in [1.82, 2.24) is 14.8 Å².